The van der Waals surface area contributed by atoms with Crippen LogP contribution >= 0.6 is 34.5 Å². The summed E-state index contributed by atoms with van der Waals surface area (Å²) in [6, 6.07) is 15.9. The van der Waals surface area contributed by atoms with E-state index in [9.17, 15) is 4.79 Å². The van der Waals surface area contributed by atoms with Crippen LogP contribution in [0, 0.1) is 0 Å². The van der Waals surface area contributed by atoms with E-state index < -0.39 is 0 Å². The van der Waals surface area contributed by atoms with Crippen molar-refractivity contribution < 1.29 is 9.28 Å². The summed E-state index contributed by atoms with van der Waals surface area (Å²) in [5.41, 5.74) is 3.10. The highest BCUT2D eigenvalue weighted by Crippen LogP contribution is 2.43. The van der Waals surface area contributed by atoms with Crippen molar-refractivity contribution in [1.29, 1.82) is 0 Å². The molecule has 0 N–H and O–H groups in total. The number of hydrogen-bond donors (Lipinski definition) is 0. The average Bonchev–Trinajstić information content (AvgIpc) is 2.59. The predicted octanol–water partition coefficient (Wildman–Crippen LogP) is 5.12. The van der Waals surface area contributed by atoms with Gasteiger partial charge in [-0.15, -0.1) is 0 Å². The van der Waals surface area contributed by atoms with Crippen molar-refractivity contribution in [2.75, 3.05) is 37.3 Å². The molecular weight excluding hydrogens is 461 g/mol. The van der Waals surface area contributed by atoms with Gasteiger partial charge in [0, 0.05) is 23.6 Å². The number of fused-ring (bicyclic) bond motifs is 1. The van der Waals surface area contributed by atoms with Gasteiger partial charge in [0.2, 0.25) is 0 Å². The van der Waals surface area contributed by atoms with E-state index in [1.165, 1.54) is 0 Å². The molecule has 1 aliphatic heterocycles. The molecule has 2 aromatic rings. The average molecular weight is 485 g/mol. The largest absolute Gasteiger partial charge is 0.334 e. The zero-order valence-electron chi connectivity index (χ0n) is 15.3. The highest BCUT2D eigenvalue weighted by atomic mass is 127. The molecule has 1 aliphatic rings. The molecule has 138 valence electrons. The lowest BCUT2D eigenvalue weighted by Gasteiger charge is -2.41. The smallest absolute Gasteiger partial charge is 0.331 e. The highest BCUT2D eigenvalue weighted by Gasteiger charge is 2.37. The molecule has 6 heteroatoms. The van der Waals surface area contributed by atoms with Crippen molar-refractivity contribution in [3.05, 3.63) is 64.7 Å². The van der Waals surface area contributed by atoms with Gasteiger partial charge in [0.25, 0.3) is 0 Å². The first-order chi connectivity index (χ1) is 12.3. The number of carbonyl (C=O) groups excluding carboxylic acids is 1. The third-order valence-electron chi connectivity index (χ3n) is 4.56. The summed E-state index contributed by atoms with van der Waals surface area (Å²) in [6.07, 6.45) is 0.943. The van der Waals surface area contributed by atoms with E-state index in [2.05, 4.69) is 56.1 Å². The Morgan fingerprint density at radius 2 is 1.81 bits per heavy atom. The molecule has 1 unspecified atom stereocenters. The number of carbonyl (C=O) groups is 1. The van der Waals surface area contributed by atoms with Gasteiger partial charge in [0.15, 0.2) is 0 Å². The van der Waals surface area contributed by atoms with Gasteiger partial charge in [-0.2, -0.15) is 0 Å². The molecule has 0 saturated heterocycles. The number of rotatable bonds is 5. The van der Waals surface area contributed by atoms with Gasteiger partial charge in [-0.3, -0.25) is 0 Å². The number of nitrogens with zero attached hydrogens (tertiary/aromatic N) is 3. The molecule has 0 saturated carbocycles. The summed E-state index contributed by atoms with van der Waals surface area (Å²) in [7, 11) is 6.52. The number of quaternary nitrogens is 1. The van der Waals surface area contributed by atoms with Crippen LogP contribution in [0.5, 0.6) is 0 Å². The minimum absolute atomic E-state index is 0.0238. The Morgan fingerprint density at radius 3 is 2.46 bits per heavy atom. The summed E-state index contributed by atoms with van der Waals surface area (Å²) in [5, 5.41) is 0.690. The first kappa shape index (κ1) is 19.5. The lowest BCUT2D eigenvalue weighted by molar-refractivity contribution is -0.870. The maximum atomic E-state index is 13.1. The minimum Gasteiger partial charge on any atom is -0.331 e. The van der Waals surface area contributed by atoms with Gasteiger partial charge < -0.3 is 9.38 Å². The van der Waals surface area contributed by atoms with Crippen LogP contribution in [0.2, 0.25) is 5.02 Å². The Bertz CT molecular complexity index is 791. The summed E-state index contributed by atoms with van der Waals surface area (Å²) in [6.45, 7) is 1.72. The maximum absolute atomic E-state index is 13.1. The van der Waals surface area contributed by atoms with Crippen molar-refractivity contribution in [2.45, 2.75) is 12.5 Å². The Morgan fingerprint density at radius 1 is 1.12 bits per heavy atom. The van der Waals surface area contributed by atoms with Crippen molar-refractivity contribution >= 4 is 46.2 Å². The summed E-state index contributed by atoms with van der Waals surface area (Å²) < 4.78 is 2.59. The topological polar surface area (TPSA) is 23.6 Å². The third kappa shape index (κ3) is 4.15. The van der Waals surface area contributed by atoms with Crippen LogP contribution < -0.4 is 3.11 Å². The molecule has 2 aromatic carbocycles. The molecule has 4 nitrogen and oxygen atoms in total. The first-order valence-corrected chi connectivity index (χ1v) is 10.0. The number of hydrogen-bond acceptors (Lipinski definition) is 1. The molecule has 0 bridgehead atoms. The summed E-state index contributed by atoms with van der Waals surface area (Å²) in [5.74, 6) is 0. The molecule has 0 aliphatic carbocycles. The van der Waals surface area contributed by atoms with Crippen molar-refractivity contribution in [1.82, 2.24) is 4.90 Å². The van der Waals surface area contributed by atoms with Crippen LogP contribution in [0.15, 0.2) is 48.5 Å². The molecule has 1 atom stereocenters. The van der Waals surface area contributed by atoms with Crippen LogP contribution in [0.1, 0.15) is 23.6 Å². The molecule has 0 radical (unpaired) electrons. The van der Waals surface area contributed by atoms with Gasteiger partial charge in [-0.25, -0.2) is 7.91 Å². The number of benzene rings is 2. The van der Waals surface area contributed by atoms with Crippen LogP contribution in [0.4, 0.5) is 10.5 Å². The van der Waals surface area contributed by atoms with Crippen LogP contribution in [-0.2, 0) is 0 Å². The number of anilines is 1. The summed E-state index contributed by atoms with van der Waals surface area (Å²) >= 11 is 8.39. The van der Waals surface area contributed by atoms with Gasteiger partial charge >= 0.3 is 6.03 Å². The Balaban J connectivity index is 2.02. The molecule has 1 heterocycles. The lowest BCUT2D eigenvalue weighted by Crippen LogP contribution is -2.47. The molecular formula is C20H24ClIN3O+. The normalized spacial score (nSPS) is 17.4. The van der Waals surface area contributed by atoms with Crippen molar-refractivity contribution in [3.63, 3.8) is 0 Å². The Labute approximate surface area is 174 Å². The Kier molecular flexibility index (Phi) is 5.79. The molecule has 0 aromatic heterocycles. The standard InChI is InChI=1S/C20H24ClIN3O/c1-25(2,3)13-7-12-23-19(15-8-5-4-6-9-15)17-14-16(21)10-11-18(17)24(22)20(23)26/h4-6,8-11,14,19H,7,12-13H2,1-3H3/q+1. The predicted molar refractivity (Wildman–Crippen MR) is 116 cm³/mol. The SMILES string of the molecule is C[N+](C)(C)CCCN1C(=O)N(I)c2ccc(Cl)cc2C1c1ccccc1. The van der Waals surface area contributed by atoms with E-state index in [-0.39, 0.29) is 12.1 Å². The number of urea groups is 1. The second-order valence-electron chi connectivity index (χ2n) is 7.64. The highest BCUT2D eigenvalue weighted by molar-refractivity contribution is 14.1. The van der Waals surface area contributed by atoms with E-state index >= 15 is 0 Å². The molecule has 3 rings (SSSR count). The fourth-order valence-corrected chi connectivity index (χ4v) is 4.25. The fraction of sp³-hybridized carbons (Fsp3) is 0.350. The molecule has 2 amide bonds. The van der Waals surface area contributed by atoms with Crippen LogP contribution in [-0.4, -0.2) is 49.6 Å². The Hall–Kier alpha value is -1.31. The van der Waals surface area contributed by atoms with Gasteiger partial charge in [-0.1, -0.05) is 41.9 Å². The van der Waals surface area contributed by atoms with E-state index in [1.54, 1.807) is 3.11 Å². The van der Waals surface area contributed by atoms with Crippen molar-refractivity contribution in [2.24, 2.45) is 0 Å². The quantitative estimate of drug-likeness (QED) is 0.328. The second-order valence-corrected chi connectivity index (χ2v) is 9.04. The first-order valence-electron chi connectivity index (χ1n) is 8.69. The number of halogens is 2. The minimum atomic E-state index is -0.115. The van der Waals surface area contributed by atoms with Crippen molar-refractivity contribution in [3.8, 4) is 0 Å². The zero-order chi connectivity index (χ0) is 18.9. The summed E-state index contributed by atoms with van der Waals surface area (Å²) in [4.78, 5) is 15.1. The lowest BCUT2D eigenvalue weighted by atomic mass is 9.94. The molecule has 0 fully saturated rings. The molecule has 0 spiro atoms. The van der Waals surface area contributed by atoms with Gasteiger partial charge in [-0.05, 0) is 23.8 Å². The van der Waals surface area contributed by atoms with E-state index in [4.69, 9.17) is 11.6 Å². The fourth-order valence-electron chi connectivity index (χ4n) is 3.35. The van der Waals surface area contributed by atoms with E-state index in [0.29, 0.717) is 11.6 Å². The van der Waals surface area contributed by atoms with Gasteiger partial charge in [0.05, 0.1) is 62.3 Å². The third-order valence-corrected chi connectivity index (χ3v) is 5.73. The van der Waals surface area contributed by atoms with E-state index in [1.807, 2.05) is 41.3 Å². The monoisotopic (exact) mass is 484 g/mol. The molecule has 26 heavy (non-hydrogen) atoms. The van der Waals surface area contributed by atoms with Crippen LogP contribution in [0.3, 0.4) is 0 Å². The zero-order valence-corrected chi connectivity index (χ0v) is 18.2. The number of amides is 2. The van der Waals surface area contributed by atoms with E-state index in [0.717, 1.165) is 34.3 Å². The van der Waals surface area contributed by atoms with Crippen LogP contribution in [0.25, 0.3) is 0 Å². The second kappa shape index (κ2) is 7.74. The maximum Gasteiger partial charge on any atom is 0.334 e. The van der Waals surface area contributed by atoms with Gasteiger partial charge in [0.1, 0.15) is 0 Å².